The summed E-state index contributed by atoms with van der Waals surface area (Å²) in [5.41, 5.74) is 1.29. The van der Waals surface area contributed by atoms with Gasteiger partial charge in [0.05, 0.1) is 13.7 Å². The molecule has 0 aliphatic carbocycles. The molecule has 0 N–H and O–H groups in total. The average molecular weight is 313 g/mol. The monoisotopic (exact) mass is 313 g/mol. The van der Waals surface area contributed by atoms with Gasteiger partial charge >= 0.3 is 0 Å². The Labute approximate surface area is 137 Å². The molecule has 0 amide bonds. The van der Waals surface area contributed by atoms with Gasteiger partial charge in [0.15, 0.2) is 0 Å². The molecule has 1 aliphatic rings. The zero-order valence-corrected chi connectivity index (χ0v) is 13.5. The van der Waals surface area contributed by atoms with E-state index in [0.29, 0.717) is 6.61 Å². The molecule has 1 atom stereocenters. The molecule has 4 heteroatoms. The molecule has 4 nitrogen and oxygen atoms in total. The Hall–Kier alpha value is -2.04. The number of hydrogen-bond acceptors (Lipinski definition) is 4. The number of morpholine rings is 1. The van der Waals surface area contributed by atoms with E-state index in [0.717, 1.165) is 37.7 Å². The van der Waals surface area contributed by atoms with Gasteiger partial charge < -0.3 is 14.2 Å². The van der Waals surface area contributed by atoms with E-state index in [4.69, 9.17) is 14.2 Å². The van der Waals surface area contributed by atoms with E-state index in [2.05, 4.69) is 17.0 Å². The highest BCUT2D eigenvalue weighted by molar-refractivity contribution is 5.27. The molecule has 1 fully saturated rings. The van der Waals surface area contributed by atoms with E-state index in [9.17, 15) is 0 Å². The summed E-state index contributed by atoms with van der Waals surface area (Å²) in [7, 11) is 1.69. The molecule has 1 aliphatic heterocycles. The number of methoxy groups -OCH3 is 1. The predicted octanol–water partition coefficient (Wildman–Crippen LogP) is 2.98. The quantitative estimate of drug-likeness (QED) is 0.820. The summed E-state index contributed by atoms with van der Waals surface area (Å²) in [6.07, 6.45) is 0.113. The van der Waals surface area contributed by atoms with Crippen molar-refractivity contribution in [3.8, 4) is 11.5 Å². The van der Waals surface area contributed by atoms with Crippen LogP contribution >= 0.6 is 0 Å². The van der Waals surface area contributed by atoms with E-state index >= 15 is 0 Å². The summed E-state index contributed by atoms with van der Waals surface area (Å²) in [6, 6.07) is 18.1. The van der Waals surface area contributed by atoms with Gasteiger partial charge in [-0.2, -0.15) is 0 Å². The second-order valence-corrected chi connectivity index (χ2v) is 5.70. The molecule has 122 valence electrons. The average Bonchev–Trinajstić information content (AvgIpc) is 2.62. The first-order valence-electron chi connectivity index (χ1n) is 7.98. The maximum absolute atomic E-state index is 5.82. The fourth-order valence-corrected chi connectivity index (χ4v) is 2.72. The fourth-order valence-electron chi connectivity index (χ4n) is 2.72. The number of rotatable bonds is 6. The Balaban J connectivity index is 1.49. The van der Waals surface area contributed by atoms with Crippen LogP contribution in [-0.2, 0) is 11.3 Å². The highest BCUT2D eigenvalue weighted by Crippen LogP contribution is 2.16. The second kappa shape index (κ2) is 7.99. The summed E-state index contributed by atoms with van der Waals surface area (Å²) in [6.45, 7) is 4.10. The largest absolute Gasteiger partial charge is 0.497 e. The first-order chi connectivity index (χ1) is 11.3. The number of nitrogens with zero attached hydrogens (tertiary/aromatic N) is 1. The van der Waals surface area contributed by atoms with Crippen LogP contribution in [0, 0.1) is 0 Å². The third kappa shape index (κ3) is 4.71. The zero-order valence-electron chi connectivity index (χ0n) is 13.5. The summed E-state index contributed by atoms with van der Waals surface area (Å²) in [5, 5.41) is 0. The lowest BCUT2D eigenvalue weighted by Crippen LogP contribution is -2.44. The Bertz CT molecular complexity index is 585. The third-order valence-electron chi connectivity index (χ3n) is 3.97. The van der Waals surface area contributed by atoms with Crippen LogP contribution in [0.1, 0.15) is 5.56 Å². The van der Waals surface area contributed by atoms with Crippen LogP contribution in [0.3, 0.4) is 0 Å². The molecule has 23 heavy (non-hydrogen) atoms. The van der Waals surface area contributed by atoms with Crippen LogP contribution < -0.4 is 9.47 Å². The van der Waals surface area contributed by atoms with E-state index in [-0.39, 0.29) is 6.10 Å². The minimum Gasteiger partial charge on any atom is -0.497 e. The highest BCUT2D eigenvalue weighted by Gasteiger charge is 2.21. The SMILES string of the molecule is COc1ccc(CN2CCO[C@H](COc3ccccc3)C2)cc1. The molecule has 2 aromatic carbocycles. The van der Waals surface area contributed by atoms with Crippen molar-refractivity contribution in [3.05, 3.63) is 60.2 Å². The van der Waals surface area contributed by atoms with Gasteiger partial charge in [0, 0.05) is 19.6 Å². The Morgan fingerprint density at radius 3 is 2.57 bits per heavy atom. The molecule has 1 heterocycles. The minimum absolute atomic E-state index is 0.113. The molecule has 0 saturated carbocycles. The van der Waals surface area contributed by atoms with Crippen molar-refractivity contribution in [2.75, 3.05) is 33.4 Å². The van der Waals surface area contributed by atoms with Crippen molar-refractivity contribution in [1.82, 2.24) is 4.90 Å². The van der Waals surface area contributed by atoms with Crippen molar-refractivity contribution < 1.29 is 14.2 Å². The van der Waals surface area contributed by atoms with Crippen LogP contribution in [0.4, 0.5) is 0 Å². The van der Waals surface area contributed by atoms with Crippen LogP contribution in [0.5, 0.6) is 11.5 Å². The van der Waals surface area contributed by atoms with Crippen LogP contribution in [0.15, 0.2) is 54.6 Å². The molecule has 3 rings (SSSR count). The van der Waals surface area contributed by atoms with Gasteiger partial charge in [0.25, 0.3) is 0 Å². The van der Waals surface area contributed by atoms with Crippen LogP contribution in [0.2, 0.25) is 0 Å². The third-order valence-corrected chi connectivity index (χ3v) is 3.97. The molecule has 1 saturated heterocycles. The van der Waals surface area contributed by atoms with Crippen molar-refractivity contribution >= 4 is 0 Å². The lowest BCUT2D eigenvalue weighted by molar-refractivity contribution is -0.0504. The number of ether oxygens (including phenoxy) is 3. The van der Waals surface area contributed by atoms with Crippen molar-refractivity contribution in [2.45, 2.75) is 12.6 Å². The first kappa shape index (κ1) is 15.8. The molecular weight excluding hydrogens is 290 g/mol. The first-order valence-corrected chi connectivity index (χ1v) is 7.98. The lowest BCUT2D eigenvalue weighted by Gasteiger charge is -2.32. The summed E-state index contributed by atoms with van der Waals surface area (Å²) in [4.78, 5) is 2.41. The molecule has 0 spiro atoms. The maximum atomic E-state index is 5.82. The van der Waals surface area contributed by atoms with E-state index in [1.807, 2.05) is 42.5 Å². The van der Waals surface area contributed by atoms with Gasteiger partial charge in [-0.15, -0.1) is 0 Å². The second-order valence-electron chi connectivity index (χ2n) is 5.70. The number of hydrogen-bond donors (Lipinski definition) is 0. The van der Waals surface area contributed by atoms with E-state index < -0.39 is 0 Å². The Morgan fingerprint density at radius 2 is 1.83 bits per heavy atom. The standard InChI is InChI=1S/C19H23NO3/c1-21-17-9-7-16(8-10-17)13-20-11-12-22-19(14-20)15-23-18-5-3-2-4-6-18/h2-10,19H,11-15H2,1H3/t19-/m0/s1. The van der Waals surface area contributed by atoms with Crippen molar-refractivity contribution in [1.29, 1.82) is 0 Å². The fraction of sp³-hybridized carbons (Fsp3) is 0.368. The van der Waals surface area contributed by atoms with Crippen LogP contribution in [0.25, 0.3) is 0 Å². The minimum atomic E-state index is 0.113. The number of benzene rings is 2. The summed E-state index contributed by atoms with van der Waals surface area (Å²) >= 11 is 0. The summed E-state index contributed by atoms with van der Waals surface area (Å²) in [5.74, 6) is 1.79. The maximum Gasteiger partial charge on any atom is 0.119 e. The van der Waals surface area contributed by atoms with Gasteiger partial charge in [-0.3, -0.25) is 4.90 Å². The summed E-state index contributed by atoms with van der Waals surface area (Å²) < 4.78 is 16.8. The topological polar surface area (TPSA) is 30.9 Å². The van der Waals surface area contributed by atoms with Crippen molar-refractivity contribution in [2.24, 2.45) is 0 Å². The zero-order chi connectivity index (χ0) is 15.9. The lowest BCUT2D eigenvalue weighted by atomic mass is 10.2. The van der Waals surface area contributed by atoms with Crippen molar-refractivity contribution in [3.63, 3.8) is 0 Å². The molecule has 0 aromatic heterocycles. The number of para-hydroxylation sites is 1. The smallest absolute Gasteiger partial charge is 0.119 e. The Morgan fingerprint density at radius 1 is 1.04 bits per heavy atom. The van der Waals surface area contributed by atoms with Gasteiger partial charge in [-0.1, -0.05) is 30.3 Å². The molecule has 0 bridgehead atoms. The van der Waals surface area contributed by atoms with Gasteiger partial charge in [-0.25, -0.2) is 0 Å². The molecular formula is C19H23NO3. The molecule has 0 radical (unpaired) electrons. The highest BCUT2D eigenvalue weighted by atomic mass is 16.5. The van der Waals surface area contributed by atoms with E-state index in [1.54, 1.807) is 7.11 Å². The van der Waals surface area contributed by atoms with Crippen LogP contribution in [-0.4, -0.2) is 44.4 Å². The molecule has 2 aromatic rings. The molecule has 0 unspecified atom stereocenters. The predicted molar refractivity (Wildman–Crippen MR) is 89.9 cm³/mol. The van der Waals surface area contributed by atoms with Gasteiger partial charge in [-0.05, 0) is 29.8 Å². The van der Waals surface area contributed by atoms with Gasteiger partial charge in [0.2, 0.25) is 0 Å². The van der Waals surface area contributed by atoms with E-state index in [1.165, 1.54) is 5.56 Å². The normalized spacial score (nSPS) is 18.6. The Kier molecular flexibility index (Phi) is 5.51. The van der Waals surface area contributed by atoms with Gasteiger partial charge in [0.1, 0.15) is 24.2 Å².